The minimum Gasteiger partial charge on any atom is -0.389 e. The molecule has 9 heteroatoms. The van der Waals surface area contributed by atoms with Crippen LogP contribution in [0.3, 0.4) is 0 Å². The van der Waals surface area contributed by atoms with Gasteiger partial charge in [0.15, 0.2) is 0 Å². The van der Waals surface area contributed by atoms with E-state index in [-0.39, 0.29) is 30.3 Å². The molecule has 2 amide bonds. The van der Waals surface area contributed by atoms with Gasteiger partial charge in [0.1, 0.15) is 29.6 Å². The van der Waals surface area contributed by atoms with Gasteiger partial charge in [-0.3, -0.25) is 9.59 Å². The third kappa shape index (κ3) is 3.76. The molecule has 0 radical (unpaired) electrons. The highest BCUT2D eigenvalue weighted by Crippen LogP contribution is 2.33. The number of carbonyl (C=O) groups is 2. The molecule has 0 spiro atoms. The molecule has 1 unspecified atom stereocenters. The quantitative estimate of drug-likeness (QED) is 0.513. The van der Waals surface area contributed by atoms with Gasteiger partial charge in [0.05, 0.1) is 5.52 Å². The van der Waals surface area contributed by atoms with E-state index in [9.17, 15) is 27.9 Å². The fourth-order valence-corrected chi connectivity index (χ4v) is 3.65. The Labute approximate surface area is 169 Å². The number of H-pyrrole nitrogens is 1. The van der Waals surface area contributed by atoms with E-state index in [0.717, 1.165) is 6.07 Å². The fraction of sp³-hybridized carbons (Fsp3) is 0.238. The van der Waals surface area contributed by atoms with Crippen molar-refractivity contribution in [3.8, 4) is 11.3 Å². The first kappa shape index (κ1) is 20.0. The lowest BCUT2D eigenvalue weighted by atomic mass is 10.0. The molecule has 1 saturated heterocycles. The zero-order valence-corrected chi connectivity index (χ0v) is 15.6. The van der Waals surface area contributed by atoms with Gasteiger partial charge in [-0.05, 0) is 47.9 Å². The second kappa shape index (κ2) is 7.83. The van der Waals surface area contributed by atoms with Crippen LogP contribution < -0.4 is 10.6 Å². The van der Waals surface area contributed by atoms with Crippen molar-refractivity contribution in [2.45, 2.75) is 25.0 Å². The number of aromatic nitrogens is 1. The second-order valence-corrected chi connectivity index (χ2v) is 7.15. The third-order valence-corrected chi connectivity index (χ3v) is 5.14. The monoisotopic (exact) mass is 417 g/mol. The molecular weight excluding hydrogens is 399 g/mol. The second-order valence-electron chi connectivity index (χ2n) is 7.15. The van der Waals surface area contributed by atoms with Crippen LogP contribution >= 0.6 is 0 Å². The van der Waals surface area contributed by atoms with Crippen molar-refractivity contribution in [1.82, 2.24) is 15.6 Å². The van der Waals surface area contributed by atoms with Gasteiger partial charge in [-0.1, -0.05) is 0 Å². The van der Waals surface area contributed by atoms with E-state index in [4.69, 9.17) is 0 Å². The minimum absolute atomic E-state index is 0.0551. The number of β-amino-alcohol motifs (C(OH)–C–C–N with tert-alkyl or cyclic N) is 1. The largest absolute Gasteiger partial charge is 0.389 e. The Morgan fingerprint density at radius 1 is 1.13 bits per heavy atom. The summed E-state index contributed by atoms with van der Waals surface area (Å²) in [7, 11) is 0. The number of aliphatic hydroxyl groups is 1. The molecule has 0 saturated carbocycles. The number of aliphatic hydroxyl groups excluding tert-OH is 1. The summed E-state index contributed by atoms with van der Waals surface area (Å²) in [5, 5.41) is 15.0. The highest BCUT2D eigenvalue weighted by atomic mass is 19.1. The molecule has 0 aliphatic carbocycles. The van der Waals surface area contributed by atoms with Crippen molar-refractivity contribution in [1.29, 1.82) is 0 Å². The summed E-state index contributed by atoms with van der Waals surface area (Å²) in [6.45, 7) is 0.0551. The number of carbonyl (C=O) groups excluding carboxylic acids is 2. The fourth-order valence-electron chi connectivity index (χ4n) is 3.65. The maximum atomic E-state index is 14.3. The summed E-state index contributed by atoms with van der Waals surface area (Å²) in [5.41, 5.74) is 1.56. The van der Waals surface area contributed by atoms with Crippen molar-refractivity contribution in [2.24, 2.45) is 0 Å². The van der Waals surface area contributed by atoms with Crippen molar-refractivity contribution < 1.29 is 27.9 Å². The van der Waals surface area contributed by atoms with E-state index in [0.29, 0.717) is 16.8 Å². The van der Waals surface area contributed by atoms with Gasteiger partial charge in [-0.2, -0.15) is 0 Å². The highest BCUT2D eigenvalue weighted by molar-refractivity contribution is 5.93. The van der Waals surface area contributed by atoms with E-state index >= 15 is 0 Å². The van der Waals surface area contributed by atoms with E-state index in [2.05, 4.69) is 15.6 Å². The van der Waals surface area contributed by atoms with Crippen LogP contribution in [0, 0.1) is 17.5 Å². The Bertz CT molecular complexity index is 1130. The number of rotatable bonds is 5. The summed E-state index contributed by atoms with van der Waals surface area (Å²) in [6.07, 6.45) is -1.01. The minimum atomic E-state index is -1.04. The predicted molar refractivity (Wildman–Crippen MR) is 103 cm³/mol. The van der Waals surface area contributed by atoms with Crippen LogP contribution in [0.25, 0.3) is 22.2 Å². The molecule has 156 valence electrons. The van der Waals surface area contributed by atoms with Crippen LogP contribution in [0.1, 0.15) is 12.0 Å². The Morgan fingerprint density at radius 2 is 1.87 bits per heavy atom. The standard InChI is InChI=1S/C21H18F3N3O3/c22-11-3-1-10(2-4-11)18-13(14-7-12(23)8-15(24)19(14)27-18)5-6-17(29)26-20-16(28)9-25-21(20)30/h1-4,7-8,16,20,27-28H,5-6,9H2,(H,25,30)(H,26,29)/t16-,20?/m1/s1. The Morgan fingerprint density at radius 3 is 2.53 bits per heavy atom. The summed E-state index contributed by atoms with van der Waals surface area (Å²) in [4.78, 5) is 26.9. The summed E-state index contributed by atoms with van der Waals surface area (Å²) in [5.74, 6) is -2.95. The van der Waals surface area contributed by atoms with E-state index < -0.39 is 41.4 Å². The van der Waals surface area contributed by atoms with Crippen LogP contribution in [0.15, 0.2) is 36.4 Å². The Kier molecular flexibility index (Phi) is 5.21. The van der Waals surface area contributed by atoms with Crippen molar-refractivity contribution >= 4 is 22.7 Å². The number of hydrogen-bond acceptors (Lipinski definition) is 3. The van der Waals surface area contributed by atoms with E-state index in [1.165, 1.54) is 30.3 Å². The van der Waals surface area contributed by atoms with E-state index in [1.807, 2.05) is 0 Å². The summed E-state index contributed by atoms with van der Waals surface area (Å²) in [6, 6.07) is 6.37. The number of amides is 2. The molecule has 1 fully saturated rings. The third-order valence-electron chi connectivity index (χ3n) is 5.14. The number of halogens is 3. The molecule has 4 N–H and O–H groups in total. The van der Waals surface area contributed by atoms with Crippen molar-refractivity contribution in [2.75, 3.05) is 6.54 Å². The number of nitrogens with one attached hydrogen (secondary N) is 3. The first-order valence-corrected chi connectivity index (χ1v) is 9.34. The molecular formula is C21H18F3N3O3. The van der Waals surface area contributed by atoms with Crippen molar-refractivity contribution in [3.05, 3.63) is 59.4 Å². The molecule has 6 nitrogen and oxygen atoms in total. The zero-order chi connectivity index (χ0) is 21.4. The normalized spacial score (nSPS) is 18.6. The highest BCUT2D eigenvalue weighted by Gasteiger charge is 2.34. The molecule has 2 atom stereocenters. The Balaban J connectivity index is 1.64. The number of aryl methyl sites for hydroxylation is 1. The van der Waals surface area contributed by atoms with Crippen LogP contribution in [0.5, 0.6) is 0 Å². The summed E-state index contributed by atoms with van der Waals surface area (Å²) >= 11 is 0. The zero-order valence-electron chi connectivity index (χ0n) is 15.6. The van der Waals surface area contributed by atoms with Gasteiger partial charge in [0.2, 0.25) is 11.8 Å². The molecule has 0 bridgehead atoms. The molecule has 3 aromatic rings. The topological polar surface area (TPSA) is 94.2 Å². The van der Waals surface area contributed by atoms with Crippen LogP contribution in [0.2, 0.25) is 0 Å². The molecule has 2 aromatic carbocycles. The smallest absolute Gasteiger partial charge is 0.245 e. The Hall–Kier alpha value is -3.33. The van der Waals surface area contributed by atoms with Gasteiger partial charge in [0, 0.05) is 30.1 Å². The summed E-state index contributed by atoms with van der Waals surface area (Å²) < 4.78 is 41.4. The van der Waals surface area contributed by atoms with Gasteiger partial charge in [0.25, 0.3) is 0 Å². The number of hydrogen-bond donors (Lipinski definition) is 4. The van der Waals surface area contributed by atoms with Gasteiger partial charge < -0.3 is 20.7 Å². The maximum Gasteiger partial charge on any atom is 0.245 e. The van der Waals surface area contributed by atoms with Crippen LogP contribution in [-0.2, 0) is 16.0 Å². The van der Waals surface area contributed by atoms with Gasteiger partial charge >= 0.3 is 0 Å². The lowest BCUT2D eigenvalue weighted by Crippen LogP contribution is -2.45. The lowest BCUT2D eigenvalue weighted by Gasteiger charge is -2.13. The first-order chi connectivity index (χ1) is 14.3. The van der Waals surface area contributed by atoms with Gasteiger partial charge in [-0.15, -0.1) is 0 Å². The average molecular weight is 417 g/mol. The molecule has 30 heavy (non-hydrogen) atoms. The molecule has 1 aliphatic heterocycles. The predicted octanol–water partition coefficient (Wildman–Crippen LogP) is 2.16. The van der Waals surface area contributed by atoms with Crippen LogP contribution in [0.4, 0.5) is 13.2 Å². The average Bonchev–Trinajstić information content (AvgIpc) is 3.22. The maximum absolute atomic E-state index is 14.3. The first-order valence-electron chi connectivity index (χ1n) is 9.34. The molecule has 4 rings (SSSR count). The molecule has 1 aliphatic rings. The van der Waals surface area contributed by atoms with E-state index in [1.54, 1.807) is 0 Å². The van der Waals surface area contributed by atoms with Crippen molar-refractivity contribution in [3.63, 3.8) is 0 Å². The molecule has 2 heterocycles. The lowest BCUT2D eigenvalue weighted by molar-refractivity contribution is -0.128. The number of fused-ring (bicyclic) bond motifs is 1. The number of aromatic amines is 1. The molecule has 1 aromatic heterocycles. The SMILES string of the molecule is O=C(CCc1c(-c2ccc(F)cc2)[nH]c2c(F)cc(F)cc12)NC1C(=O)NC[C@H]1O. The number of benzene rings is 2. The van der Waals surface area contributed by atoms with Crippen LogP contribution in [-0.4, -0.2) is 40.6 Å². The van der Waals surface area contributed by atoms with Gasteiger partial charge in [-0.25, -0.2) is 13.2 Å².